The zero-order chi connectivity index (χ0) is 18.4. The van der Waals surface area contributed by atoms with Gasteiger partial charge < -0.3 is 11.5 Å². The van der Waals surface area contributed by atoms with Crippen molar-refractivity contribution in [1.82, 2.24) is 0 Å². The Balaban J connectivity index is 1.50. The molecule has 0 bridgehead atoms. The Morgan fingerprint density at radius 3 is 2.37 bits per heavy atom. The molecule has 3 aromatic carbocycles. The molecule has 0 spiro atoms. The van der Waals surface area contributed by atoms with Crippen LogP contribution in [-0.2, 0) is 12.0 Å². The van der Waals surface area contributed by atoms with Crippen LogP contribution >= 0.6 is 0 Å². The highest BCUT2D eigenvalue weighted by molar-refractivity contribution is 5.80. The Hall–Kier alpha value is -3.10. The number of anilines is 1. The van der Waals surface area contributed by atoms with E-state index in [9.17, 15) is 0 Å². The molecular formula is C25H22N2. The van der Waals surface area contributed by atoms with E-state index in [1.165, 1.54) is 39.0 Å². The third-order valence-electron chi connectivity index (χ3n) is 5.82. The number of allylic oxidation sites excluding steroid dienone is 2. The Bertz CT molecular complexity index is 1090. The van der Waals surface area contributed by atoms with Gasteiger partial charge in [0.25, 0.3) is 0 Å². The minimum Gasteiger partial charge on any atom is -0.399 e. The van der Waals surface area contributed by atoms with Gasteiger partial charge in [-0.05, 0) is 63.9 Å². The van der Waals surface area contributed by atoms with Gasteiger partial charge in [-0.15, -0.1) is 0 Å². The average molecular weight is 350 g/mol. The molecule has 132 valence electrons. The van der Waals surface area contributed by atoms with E-state index in [1.807, 2.05) is 12.1 Å². The number of benzene rings is 3. The van der Waals surface area contributed by atoms with Crippen LogP contribution in [0.25, 0.3) is 16.7 Å². The van der Waals surface area contributed by atoms with Crippen LogP contribution in [0, 0.1) is 0 Å². The molecule has 4 N–H and O–H groups in total. The lowest BCUT2D eigenvalue weighted by molar-refractivity contribution is 0.562. The molecule has 0 heterocycles. The standard InChI is InChI=1S/C25H22N2/c26-20-10-8-17(9-11-20)18-12-14-25(27,15-13-18)24-7-3-6-22-21-5-2-1-4-19(21)16-23(22)24/h1-14H,15-16,26-27H2. The van der Waals surface area contributed by atoms with Crippen molar-refractivity contribution in [3.05, 3.63) is 107 Å². The fourth-order valence-corrected chi connectivity index (χ4v) is 4.34. The molecule has 3 aromatic rings. The molecule has 2 aliphatic carbocycles. The van der Waals surface area contributed by atoms with Crippen molar-refractivity contribution in [3.63, 3.8) is 0 Å². The first-order valence-electron chi connectivity index (χ1n) is 9.39. The molecule has 27 heavy (non-hydrogen) atoms. The molecule has 2 aliphatic rings. The van der Waals surface area contributed by atoms with E-state index in [4.69, 9.17) is 11.5 Å². The second kappa shape index (κ2) is 5.97. The van der Waals surface area contributed by atoms with Crippen LogP contribution in [0.5, 0.6) is 0 Å². The summed E-state index contributed by atoms with van der Waals surface area (Å²) in [4.78, 5) is 0. The summed E-state index contributed by atoms with van der Waals surface area (Å²) in [5, 5.41) is 0. The molecule has 2 nitrogen and oxygen atoms in total. The largest absolute Gasteiger partial charge is 0.399 e. The summed E-state index contributed by atoms with van der Waals surface area (Å²) < 4.78 is 0. The summed E-state index contributed by atoms with van der Waals surface area (Å²) in [6, 6.07) is 23.2. The second-order valence-electron chi connectivity index (χ2n) is 7.52. The van der Waals surface area contributed by atoms with Crippen LogP contribution in [0.2, 0.25) is 0 Å². The van der Waals surface area contributed by atoms with Gasteiger partial charge in [-0.25, -0.2) is 0 Å². The van der Waals surface area contributed by atoms with Crippen molar-refractivity contribution in [2.24, 2.45) is 5.73 Å². The second-order valence-corrected chi connectivity index (χ2v) is 7.52. The number of fused-ring (bicyclic) bond motifs is 3. The van der Waals surface area contributed by atoms with Crippen molar-refractivity contribution in [1.29, 1.82) is 0 Å². The highest BCUT2D eigenvalue weighted by atomic mass is 14.7. The lowest BCUT2D eigenvalue weighted by Gasteiger charge is -2.31. The number of rotatable bonds is 2. The van der Waals surface area contributed by atoms with Crippen LogP contribution in [-0.4, -0.2) is 0 Å². The van der Waals surface area contributed by atoms with Gasteiger partial charge in [-0.2, -0.15) is 0 Å². The number of hydrogen-bond acceptors (Lipinski definition) is 2. The number of nitrogen functional groups attached to an aromatic ring is 1. The maximum absolute atomic E-state index is 6.90. The number of hydrogen-bond donors (Lipinski definition) is 2. The molecule has 2 heteroatoms. The molecule has 0 saturated carbocycles. The van der Waals surface area contributed by atoms with Crippen LogP contribution in [0.15, 0.2) is 85.0 Å². The zero-order valence-corrected chi connectivity index (χ0v) is 15.2. The third kappa shape index (κ3) is 2.61. The van der Waals surface area contributed by atoms with E-state index in [0.29, 0.717) is 0 Å². The lowest BCUT2D eigenvalue weighted by atomic mass is 9.79. The van der Waals surface area contributed by atoms with E-state index in [1.54, 1.807) is 0 Å². The quantitative estimate of drug-likeness (QED) is 0.498. The van der Waals surface area contributed by atoms with Gasteiger partial charge in [0.2, 0.25) is 0 Å². The average Bonchev–Trinajstić information content (AvgIpc) is 3.08. The van der Waals surface area contributed by atoms with E-state index < -0.39 is 5.54 Å². The summed E-state index contributed by atoms with van der Waals surface area (Å²) in [7, 11) is 0. The summed E-state index contributed by atoms with van der Waals surface area (Å²) >= 11 is 0. The van der Waals surface area contributed by atoms with Crippen LogP contribution < -0.4 is 11.5 Å². The SMILES string of the molecule is Nc1ccc(C2=CCC(N)(c3cccc4c3Cc3ccccc3-4)C=C2)cc1. The van der Waals surface area contributed by atoms with Crippen LogP contribution in [0.3, 0.4) is 0 Å². The Morgan fingerprint density at radius 1 is 0.815 bits per heavy atom. The zero-order valence-electron chi connectivity index (χ0n) is 15.2. The van der Waals surface area contributed by atoms with Gasteiger partial charge in [0, 0.05) is 5.69 Å². The van der Waals surface area contributed by atoms with E-state index in [0.717, 1.165) is 18.5 Å². The third-order valence-corrected chi connectivity index (χ3v) is 5.82. The molecule has 0 aromatic heterocycles. The number of nitrogens with two attached hydrogens (primary N) is 2. The molecule has 0 fully saturated rings. The van der Waals surface area contributed by atoms with Crippen molar-refractivity contribution in [3.8, 4) is 11.1 Å². The van der Waals surface area contributed by atoms with Gasteiger partial charge in [0.05, 0.1) is 5.54 Å². The van der Waals surface area contributed by atoms with Gasteiger partial charge in [-0.1, -0.05) is 72.8 Å². The molecule has 0 saturated heterocycles. The van der Waals surface area contributed by atoms with Crippen molar-refractivity contribution < 1.29 is 0 Å². The first-order valence-corrected chi connectivity index (χ1v) is 9.39. The summed E-state index contributed by atoms with van der Waals surface area (Å²) in [6.45, 7) is 0. The predicted molar refractivity (Wildman–Crippen MR) is 113 cm³/mol. The molecule has 5 rings (SSSR count). The molecule has 1 unspecified atom stereocenters. The fraction of sp³-hybridized carbons (Fsp3) is 0.120. The van der Waals surface area contributed by atoms with Gasteiger partial charge in [-0.3, -0.25) is 0 Å². The molecule has 0 aliphatic heterocycles. The van der Waals surface area contributed by atoms with Crippen LogP contribution in [0.4, 0.5) is 5.69 Å². The lowest BCUT2D eigenvalue weighted by Crippen LogP contribution is -2.36. The maximum Gasteiger partial charge on any atom is 0.0636 e. The Kier molecular flexibility index (Phi) is 3.56. The predicted octanol–water partition coefficient (Wildman–Crippen LogP) is 5.04. The van der Waals surface area contributed by atoms with Crippen LogP contribution in [0.1, 0.15) is 28.7 Å². The summed E-state index contributed by atoms with van der Waals surface area (Å²) in [6.07, 6.45) is 8.31. The van der Waals surface area contributed by atoms with Crippen molar-refractivity contribution >= 4 is 11.3 Å². The smallest absolute Gasteiger partial charge is 0.0636 e. The first kappa shape index (κ1) is 16.1. The Morgan fingerprint density at radius 2 is 1.59 bits per heavy atom. The molecular weight excluding hydrogens is 328 g/mol. The van der Waals surface area contributed by atoms with Crippen molar-refractivity contribution in [2.75, 3.05) is 5.73 Å². The maximum atomic E-state index is 6.90. The normalized spacial score (nSPS) is 20.1. The summed E-state index contributed by atoms with van der Waals surface area (Å²) in [5.74, 6) is 0. The first-order chi connectivity index (χ1) is 13.1. The monoisotopic (exact) mass is 350 g/mol. The summed E-state index contributed by atoms with van der Waals surface area (Å²) in [5.41, 5.74) is 22.1. The molecule has 0 radical (unpaired) electrons. The van der Waals surface area contributed by atoms with Gasteiger partial charge >= 0.3 is 0 Å². The minimum atomic E-state index is -0.468. The van der Waals surface area contributed by atoms with Gasteiger partial charge in [0.1, 0.15) is 0 Å². The van der Waals surface area contributed by atoms with E-state index in [-0.39, 0.29) is 0 Å². The fourth-order valence-electron chi connectivity index (χ4n) is 4.34. The highest BCUT2D eigenvalue weighted by Gasteiger charge is 2.31. The van der Waals surface area contributed by atoms with E-state index in [2.05, 4.69) is 72.8 Å². The molecule has 0 amide bonds. The minimum absolute atomic E-state index is 0.468. The van der Waals surface area contributed by atoms with Crippen molar-refractivity contribution in [2.45, 2.75) is 18.4 Å². The topological polar surface area (TPSA) is 52.0 Å². The van der Waals surface area contributed by atoms with Gasteiger partial charge in [0.15, 0.2) is 0 Å². The Labute approximate surface area is 159 Å². The molecule has 1 atom stereocenters. The highest BCUT2D eigenvalue weighted by Crippen LogP contribution is 2.43. The van der Waals surface area contributed by atoms with E-state index >= 15 is 0 Å².